The number of nitrogens with zero attached hydrogens (tertiary/aromatic N) is 2. The molecule has 3 nitrogen and oxygen atoms in total. The molecule has 59 heavy (non-hydrogen) atoms. The first kappa shape index (κ1) is 33.3. The topological polar surface area (TPSA) is 21.3 Å². The van der Waals surface area contributed by atoms with Crippen molar-refractivity contribution in [2.75, 3.05) is 4.90 Å². The van der Waals surface area contributed by atoms with Gasteiger partial charge in [0.05, 0.1) is 16.7 Å². The second kappa shape index (κ2) is 13.4. The third kappa shape index (κ3) is 5.36. The molecule has 2 aromatic heterocycles. The van der Waals surface area contributed by atoms with Crippen LogP contribution in [0.4, 0.5) is 17.1 Å². The van der Waals surface area contributed by atoms with Gasteiger partial charge >= 0.3 is 0 Å². The molecular formula is C56H36N2O. The number of benzene rings is 10. The van der Waals surface area contributed by atoms with Crippen LogP contribution in [0.25, 0.3) is 93.2 Å². The summed E-state index contributed by atoms with van der Waals surface area (Å²) in [5.74, 6) is 0. The molecule has 0 saturated carbocycles. The summed E-state index contributed by atoms with van der Waals surface area (Å²) >= 11 is 0. The number of aromatic nitrogens is 1. The van der Waals surface area contributed by atoms with Gasteiger partial charge in [-0.25, -0.2) is 0 Å². The van der Waals surface area contributed by atoms with E-state index in [0.717, 1.165) is 50.3 Å². The zero-order valence-corrected chi connectivity index (χ0v) is 32.1. The largest absolute Gasteiger partial charge is 0.456 e. The summed E-state index contributed by atoms with van der Waals surface area (Å²) in [4.78, 5) is 2.40. The van der Waals surface area contributed by atoms with Crippen molar-refractivity contribution in [3.8, 4) is 27.9 Å². The van der Waals surface area contributed by atoms with Crippen LogP contribution in [0.15, 0.2) is 223 Å². The number of hydrogen-bond acceptors (Lipinski definition) is 2. The van der Waals surface area contributed by atoms with E-state index in [1.807, 2.05) is 12.1 Å². The maximum absolute atomic E-state index is 6.30. The Hall–Kier alpha value is -7.88. The van der Waals surface area contributed by atoms with E-state index < -0.39 is 0 Å². The second-order valence-electron chi connectivity index (χ2n) is 15.3. The summed E-state index contributed by atoms with van der Waals surface area (Å²) < 4.78 is 8.71. The standard InChI is InChI=1S/C56H36N2O/c1-2-14-37(15-3-1)44-31-32-54(46-19-7-6-18-45(44)46)57(41-30-33-56-51(35-41)49-22-10-13-25-55(49)59-56)40-28-26-38(27-29-40)50-36-42(34-39-16-4-5-17-43(39)50)58-52-23-11-8-20-47(52)48-21-9-12-24-53(48)58/h1-36H. The highest BCUT2D eigenvalue weighted by Crippen LogP contribution is 2.45. The highest BCUT2D eigenvalue weighted by atomic mass is 16.3. The first-order chi connectivity index (χ1) is 29.3. The van der Waals surface area contributed by atoms with Crippen molar-refractivity contribution in [3.05, 3.63) is 218 Å². The van der Waals surface area contributed by atoms with Gasteiger partial charge in [-0.15, -0.1) is 0 Å². The maximum atomic E-state index is 6.30. The second-order valence-corrected chi connectivity index (χ2v) is 15.3. The van der Waals surface area contributed by atoms with Crippen LogP contribution in [0.3, 0.4) is 0 Å². The van der Waals surface area contributed by atoms with E-state index in [1.54, 1.807) is 0 Å². The molecule has 0 aliphatic carbocycles. The van der Waals surface area contributed by atoms with Gasteiger partial charge in [0.25, 0.3) is 0 Å². The molecule has 12 aromatic rings. The molecule has 12 rings (SSSR count). The summed E-state index contributed by atoms with van der Waals surface area (Å²) in [5.41, 5.74) is 13.3. The Bertz CT molecular complexity index is 3500. The Labute approximate surface area is 341 Å². The van der Waals surface area contributed by atoms with Crippen molar-refractivity contribution in [3.63, 3.8) is 0 Å². The third-order valence-corrected chi connectivity index (χ3v) is 12.0. The van der Waals surface area contributed by atoms with Gasteiger partial charge in [-0.1, -0.05) is 152 Å². The lowest BCUT2D eigenvalue weighted by molar-refractivity contribution is 0.669. The van der Waals surface area contributed by atoms with Crippen molar-refractivity contribution < 1.29 is 4.42 Å². The fraction of sp³-hybridized carbons (Fsp3) is 0. The fourth-order valence-corrected chi connectivity index (χ4v) is 9.28. The molecule has 3 heteroatoms. The first-order valence-corrected chi connectivity index (χ1v) is 20.2. The molecule has 0 spiro atoms. The minimum atomic E-state index is 0.879. The molecule has 0 saturated heterocycles. The molecule has 0 amide bonds. The molecule has 10 aromatic carbocycles. The molecule has 2 heterocycles. The molecule has 0 aliphatic rings. The summed E-state index contributed by atoms with van der Waals surface area (Å²) in [5, 5.41) is 9.54. The summed E-state index contributed by atoms with van der Waals surface area (Å²) in [6, 6.07) is 78.8. The van der Waals surface area contributed by atoms with Crippen LogP contribution >= 0.6 is 0 Å². The van der Waals surface area contributed by atoms with Crippen LogP contribution in [0, 0.1) is 0 Å². The quantitative estimate of drug-likeness (QED) is 0.169. The zero-order valence-electron chi connectivity index (χ0n) is 32.1. The maximum Gasteiger partial charge on any atom is 0.135 e. The minimum absolute atomic E-state index is 0.879. The monoisotopic (exact) mass is 752 g/mol. The highest BCUT2D eigenvalue weighted by Gasteiger charge is 2.20. The van der Waals surface area contributed by atoms with Gasteiger partial charge in [-0.2, -0.15) is 0 Å². The van der Waals surface area contributed by atoms with Gasteiger partial charge in [0.2, 0.25) is 0 Å². The van der Waals surface area contributed by atoms with E-state index >= 15 is 0 Å². The number of rotatable bonds is 6. The third-order valence-electron chi connectivity index (χ3n) is 12.0. The minimum Gasteiger partial charge on any atom is -0.456 e. The molecule has 0 unspecified atom stereocenters. The lowest BCUT2D eigenvalue weighted by Gasteiger charge is -2.28. The van der Waals surface area contributed by atoms with Gasteiger partial charge in [-0.05, 0) is 105 Å². The van der Waals surface area contributed by atoms with E-state index in [9.17, 15) is 0 Å². The molecular weight excluding hydrogens is 717 g/mol. The van der Waals surface area contributed by atoms with Crippen molar-refractivity contribution in [2.24, 2.45) is 0 Å². The zero-order chi connectivity index (χ0) is 38.9. The predicted molar refractivity (Wildman–Crippen MR) is 249 cm³/mol. The van der Waals surface area contributed by atoms with E-state index in [-0.39, 0.29) is 0 Å². The number of anilines is 3. The first-order valence-electron chi connectivity index (χ1n) is 20.2. The number of furan rings is 1. The van der Waals surface area contributed by atoms with Gasteiger partial charge in [-0.3, -0.25) is 0 Å². The van der Waals surface area contributed by atoms with Gasteiger partial charge < -0.3 is 13.9 Å². The van der Waals surface area contributed by atoms with Crippen LogP contribution in [-0.2, 0) is 0 Å². The molecule has 0 N–H and O–H groups in total. The van der Waals surface area contributed by atoms with Gasteiger partial charge in [0.1, 0.15) is 11.2 Å². The Morgan fingerprint density at radius 3 is 1.68 bits per heavy atom. The van der Waals surface area contributed by atoms with E-state index in [0.29, 0.717) is 0 Å². The Morgan fingerprint density at radius 2 is 0.915 bits per heavy atom. The average Bonchev–Trinajstić information content (AvgIpc) is 3.85. The van der Waals surface area contributed by atoms with Crippen molar-refractivity contribution in [1.82, 2.24) is 4.57 Å². The van der Waals surface area contributed by atoms with E-state index in [4.69, 9.17) is 4.42 Å². The van der Waals surface area contributed by atoms with E-state index in [2.05, 4.69) is 216 Å². The number of hydrogen-bond donors (Lipinski definition) is 0. The van der Waals surface area contributed by atoms with E-state index in [1.165, 1.54) is 60.0 Å². The van der Waals surface area contributed by atoms with Crippen molar-refractivity contribution >= 4 is 82.4 Å². The summed E-state index contributed by atoms with van der Waals surface area (Å²) in [6.07, 6.45) is 0. The van der Waals surface area contributed by atoms with Gasteiger partial charge in [0.15, 0.2) is 0 Å². The molecule has 0 bridgehead atoms. The Morgan fingerprint density at radius 1 is 0.339 bits per heavy atom. The smallest absolute Gasteiger partial charge is 0.135 e. The molecule has 0 aliphatic heterocycles. The van der Waals surface area contributed by atoms with Crippen LogP contribution in [0.2, 0.25) is 0 Å². The summed E-state index contributed by atoms with van der Waals surface area (Å²) in [6.45, 7) is 0. The lowest BCUT2D eigenvalue weighted by atomic mass is 9.95. The lowest BCUT2D eigenvalue weighted by Crippen LogP contribution is -2.10. The number of fused-ring (bicyclic) bond motifs is 8. The average molecular weight is 753 g/mol. The Balaban J connectivity index is 1.05. The van der Waals surface area contributed by atoms with Crippen LogP contribution in [0.1, 0.15) is 0 Å². The molecule has 0 fully saturated rings. The predicted octanol–water partition coefficient (Wildman–Crippen LogP) is 15.8. The fourth-order valence-electron chi connectivity index (χ4n) is 9.28. The normalized spacial score (nSPS) is 11.7. The van der Waals surface area contributed by atoms with Gasteiger partial charge in [0, 0.05) is 44.0 Å². The number of para-hydroxylation sites is 3. The van der Waals surface area contributed by atoms with Crippen LogP contribution in [-0.4, -0.2) is 4.57 Å². The van der Waals surface area contributed by atoms with Crippen molar-refractivity contribution in [1.29, 1.82) is 0 Å². The Kier molecular flexibility index (Phi) is 7.54. The molecule has 276 valence electrons. The highest BCUT2D eigenvalue weighted by molar-refractivity contribution is 6.11. The SMILES string of the molecule is c1ccc(-c2ccc(N(c3ccc(-c4cc(-n5c6ccccc6c6ccccc65)cc5ccccc45)cc3)c3ccc4oc5ccccc5c4c3)c3ccccc23)cc1. The van der Waals surface area contributed by atoms with Crippen LogP contribution in [0.5, 0.6) is 0 Å². The molecule has 0 radical (unpaired) electrons. The summed E-state index contributed by atoms with van der Waals surface area (Å²) in [7, 11) is 0. The van der Waals surface area contributed by atoms with Crippen molar-refractivity contribution in [2.45, 2.75) is 0 Å². The van der Waals surface area contributed by atoms with Crippen LogP contribution < -0.4 is 4.90 Å². The molecule has 0 atom stereocenters.